The van der Waals surface area contributed by atoms with Crippen LogP contribution in [-0.4, -0.2) is 41.3 Å². The maximum Gasteiger partial charge on any atom is 0.220 e. The molecule has 0 radical (unpaired) electrons. The van der Waals surface area contributed by atoms with Gasteiger partial charge in [-0.15, -0.1) is 0 Å². The Balaban J connectivity index is 2.04. The lowest BCUT2D eigenvalue weighted by Crippen LogP contribution is -2.32. The Kier molecular flexibility index (Phi) is 7.51. The zero-order valence-electron chi connectivity index (χ0n) is 11.5. The monoisotopic (exact) mass is 274 g/mol. The number of carbonyl (C=O) groups excluding carboxylic acids is 1. The molecule has 18 heavy (non-hydrogen) atoms. The second-order valence-corrected chi connectivity index (χ2v) is 7.00. The molecular formula is C13H26N2O2S. The van der Waals surface area contributed by atoms with E-state index in [0.29, 0.717) is 18.9 Å². The Morgan fingerprint density at radius 3 is 2.94 bits per heavy atom. The first-order valence-corrected chi connectivity index (χ1v) is 8.51. The molecule has 3 unspecified atom stereocenters. The molecule has 1 heterocycles. The van der Waals surface area contributed by atoms with Crippen LogP contribution in [0.25, 0.3) is 0 Å². The van der Waals surface area contributed by atoms with E-state index in [1.807, 2.05) is 6.92 Å². The molecule has 1 aliphatic heterocycles. The molecule has 0 aromatic carbocycles. The lowest BCUT2D eigenvalue weighted by atomic mass is 9.94. The molecule has 0 aliphatic carbocycles. The first-order chi connectivity index (χ1) is 8.59. The molecule has 2 N–H and O–H groups in total. The second kappa shape index (κ2) is 8.64. The molecule has 106 valence electrons. The predicted octanol–water partition coefficient (Wildman–Crippen LogP) is 1.04. The molecule has 0 aromatic heterocycles. The fourth-order valence-corrected chi connectivity index (χ4v) is 2.62. The summed E-state index contributed by atoms with van der Waals surface area (Å²) in [6.07, 6.45) is 6.57. The van der Waals surface area contributed by atoms with Crippen LogP contribution in [0.1, 0.15) is 39.0 Å². The van der Waals surface area contributed by atoms with Crippen molar-refractivity contribution in [1.82, 2.24) is 10.6 Å². The van der Waals surface area contributed by atoms with Crippen molar-refractivity contribution in [1.29, 1.82) is 0 Å². The van der Waals surface area contributed by atoms with Crippen molar-refractivity contribution in [2.75, 3.05) is 25.9 Å². The van der Waals surface area contributed by atoms with E-state index in [0.717, 1.165) is 25.9 Å². The summed E-state index contributed by atoms with van der Waals surface area (Å²) in [5.74, 6) is 0.793. The molecule has 0 aromatic rings. The van der Waals surface area contributed by atoms with Gasteiger partial charge in [-0.3, -0.25) is 9.00 Å². The van der Waals surface area contributed by atoms with Gasteiger partial charge < -0.3 is 10.6 Å². The lowest BCUT2D eigenvalue weighted by Gasteiger charge is -2.22. The molecule has 1 aliphatic rings. The van der Waals surface area contributed by atoms with Gasteiger partial charge >= 0.3 is 0 Å². The van der Waals surface area contributed by atoms with Crippen LogP contribution in [0.5, 0.6) is 0 Å². The molecule has 0 saturated carbocycles. The third kappa shape index (κ3) is 6.50. The van der Waals surface area contributed by atoms with E-state index in [4.69, 9.17) is 0 Å². The van der Waals surface area contributed by atoms with Gasteiger partial charge in [0.05, 0.1) is 0 Å². The summed E-state index contributed by atoms with van der Waals surface area (Å²) < 4.78 is 11.1. The third-order valence-electron chi connectivity index (χ3n) is 3.62. The zero-order chi connectivity index (χ0) is 13.4. The number of piperidine rings is 1. The van der Waals surface area contributed by atoms with Crippen LogP contribution in [0.2, 0.25) is 0 Å². The number of nitrogens with one attached hydrogen (secondary N) is 2. The Morgan fingerprint density at radius 2 is 2.33 bits per heavy atom. The highest BCUT2D eigenvalue weighted by atomic mass is 32.2. The zero-order valence-corrected chi connectivity index (χ0v) is 12.4. The Morgan fingerprint density at radius 1 is 1.56 bits per heavy atom. The maximum atomic E-state index is 11.6. The fraction of sp³-hybridized carbons (Fsp3) is 0.923. The van der Waals surface area contributed by atoms with Crippen LogP contribution in [0.4, 0.5) is 0 Å². The summed E-state index contributed by atoms with van der Waals surface area (Å²) in [7, 11) is -0.792. The standard InChI is InChI=1S/C13H26N2O2S/c1-11(18(2)17)7-9-15-13(16)6-5-12-4-3-8-14-10-12/h11-12,14H,3-10H2,1-2H3,(H,15,16). The lowest BCUT2D eigenvalue weighted by molar-refractivity contribution is -0.121. The molecule has 0 spiro atoms. The van der Waals surface area contributed by atoms with Gasteiger partial charge in [0, 0.05) is 35.3 Å². The average Bonchev–Trinajstić information content (AvgIpc) is 2.37. The van der Waals surface area contributed by atoms with Gasteiger partial charge in [-0.25, -0.2) is 0 Å². The molecular weight excluding hydrogens is 248 g/mol. The average molecular weight is 274 g/mol. The van der Waals surface area contributed by atoms with Crippen LogP contribution in [-0.2, 0) is 15.6 Å². The van der Waals surface area contributed by atoms with Crippen LogP contribution in [0, 0.1) is 5.92 Å². The molecule has 1 fully saturated rings. The maximum absolute atomic E-state index is 11.6. The van der Waals surface area contributed by atoms with E-state index in [2.05, 4.69) is 10.6 Å². The van der Waals surface area contributed by atoms with E-state index in [1.54, 1.807) is 6.26 Å². The third-order valence-corrected chi connectivity index (χ3v) is 4.99. The van der Waals surface area contributed by atoms with Gasteiger partial charge in [-0.05, 0) is 44.7 Å². The highest BCUT2D eigenvalue weighted by molar-refractivity contribution is 7.84. The molecule has 4 nitrogen and oxygen atoms in total. The number of hydrogen-bond donors (Lipinski definition) is 2. The minimum atomic E-state index is -0.792. The predicted molar refractivity (Wildman–Crippen MR) is 76.0 cm³/mol. The second-order valence-electron chi connectivity index (χ2n) is 5.20. The van der Waals surface area contributed by atoms with Gasteiger partial charge in [0.25, 0.3) is 0 Å². The van der Waals surface area contributed by atoms with Crippen molar-refractivity contribution in [2.24, 2.45) is 5.92 Å². The topological polar surface area (TPSA) is 58.2 Å². The molecule has 5 heteroatoms. The highest BCUT2D eigenvalue weighted by Crippen LogP contribution is 2.15. The van der Waals surface area contributed by atoms with Crippen molar-refractivity contribution >= 4 is 16.7 Å². The number of rotatable bonds is 7. The van der Waals surface area contributed by atoms with E-state index in [9.17, 15) is 9.00 Å². The van der Waals surface area contributed by atoms with E-state index in [-0.39, 0.29) is 11.2 Å². The van der Waals surface area contributed by atoms with Crippen molar-refractivity contribution in [3.63, 3.8) is 0 Å². The number of hydrogen-bond acceptors (Lipinski definition) is 3. The van der Waals surface area contributed by atoms with Gasteiger partial charge in [0.2, 0.25) is 5.91 Å². The van der Waals surface area contributed by atoms with Crippen molar-refractivity contribution in [3.8, 4) is 0 Å². The fourth-order valence-electron chi connectivity index (χ4n) is 2.17. The van der Waals surface area contributed by atoms with Gasteiger partial charge in [0.1, 0.15) is 0 Å². The van der Waals surface area contributed by atoms with Gasteiger partial charge in [0.15, 0.2) is 0 Å². The largest absolute Gasteiger partial charge is 0.356 e. The van der Waals surface area contributed by atoms with Crippen molar-refractivity contribution in [2.45, 2.75) is 44.3 Å². The smallest absolute Gasteiger partial charge is 0.220 e. The summed E-state index contributed by atoms with van der Waals surface area (Å²) in [5.41, 5.74) is 0. The molecule has 0 bridgehead atoms. The van der Waals surface area contributed by atoms with Crippen molar-refractivity contribution in [3.05, 3.63) is 0 Å². The molecule has 1 amide bonds. The number of amides is 1. The minimum Gasteiger partial charge on any atom is -0.356 e. The Labute approximate surface area is 113 Å². The molecule has 1 saturated heterocycles. The van der Waals surface area contributed by atoms with Crippen LogP contribution >= 0.6 is 0 Å². The summed E-state index contributed by atoms with van der Waals surface area (Å²) >= 11 is 0. The van der Waals surface area contributed by atoms with Crippen LogP contribution in [0.15, 0.2) is 0 Å². The van der Waals surface area contributed by atoms with E-state index >= 15 is 0 Å². The molecule has 3 atom stereocenters. The Hall–Kier alpha value is -0.420. The number of carbonyl (C=O) groups is 1. The summed E-state index contributed by atoms with van der Waals surface area (Å²) in [5, 5.41) is 6.44. The summed E-state index contributed by atoms with van der Waals surface area (Å²) in [4.78, 5) is 11.6. The summed E-state index contributed by atoms with van der Waals surface area (Å²) in [6, 6.07) is 0. The van der Waals surface area contributed by atoms with E-state index in [1.165, 1.54) is 12.8 Å². The van der Waals surface area contributed by atoms with Gasteiger partial charge in [-0.2, -0.15) is 0 Å². The van der Waals surface area contributed by atoms with Crippen LogP contribution in [0.3, 0.4) is 0 Å². The summed E-state index contributed by atoms with van der Waals surface area (Å²) in [6.45, 7) is 4.77. The first-order valence-electron chi connectivity index (χ1n) is 6.89. The SMILES string of the molecule is CC(CCNC(=O)CCC1CCCNC1)S(C)=O. The van der Waals surface area contributed by atoms with Crippen molar-refractivity contribution < 1.29 is 9.00 Å². The van der Waals surface area contributed by atoms with Gasteiger partial charge in [-0.1, -0.05) is 6.92 Å². The normalized spacial score (nSPS) is 23.3. The highest BCUT2D eigenvalue weighted by Gasteiger charge is 2.14. The molecule has 1 rings (SSSR count). The van der Waals surface area contributed by atoms with E-state index < -0.39 is 10.8 Å². The first kappa shape index (κ1) is 15.6. The minimum absolute atomic E-state index is 0.134. The Bertz CT molecular complexity index is 278. The quantitative estimate of drug-likeness (QED) is 0.729. The van der Waals surface area contributed by atoms with Crippen LogP contribution < -0.4 is 10.6 Å².